The molecular weight excluding hydrogens is 404 g/mol. The first-order valence-corrected chi connectivity index (χ1v) is 11.8. The molecule has 3 N–H and O–H groups in total. The minimum absolute atomic E-state index is 0.0158. The Morgan fingerprint density at radius 2 is 2.00 bits per heavy atom. The van der Waals surface area contributed by atoms with E-state index in [4.69, 9.17) is 15.8 Å². The van der Waals surface area contributed by atoms with E-state index in [1.807, 2.05) is 27.7 Å². The number of hydrogen-bond donors (Lipinski definition) is 2. The summed E-state index contributed by atoms with van der Waals surface area (Å²) in [5.74, 6) is 1.53. The highest BCUT2D eigenvalue weighted by Crippen LogP contribution is 2.39. The number of rotatable bonds is 4. The Labute approximate surface area is 187 Å². The van der Waals surface area contributed by atoms with Crippen LogP contribution < -0.4 is 10.6 Å². The molecule has 168 valence electrons. The van der Waals surface area contributed by atoms with Crippen molar-refractivity contribution < 1.29 is 4.79 Å². The number of nitrogens with two attached hydrogens (primary N) is 1. The summed E-state index contributed by atoms with van der Waals surface area (Å²) in [5, 5.41) is 12.2. The molecule has 0 aromatic carbocycles. The molecule has 2 atom stereocenters. The molecule has 2 saturated heterocycles. The van der Waals surface area contributed by atoms with Gasteiger partial charge in [-0.25, -0.2) is 9.50 Å². The molecule has 2 aliphatic heterocycles. The second-order valence-corrected chi connectivity index (χ2v) is 9.61. The number of likely N-dealkylation sites (tertiary alicyclic amines) is 1. The summed E-state index contributed by atoms with van der Waals surface area (Å²) in [7, 11) is 0. The zero-order valence-corrected chi connectivity index (χ0v) is 18.5. The summed E-state index contributed by atoms with van der Waals surface area (Å²) in [6.45, 7) is 4.57. The third-order valence-corrected chi connectivity index (χ3v) is 7.08. The standard InChI is InChI=1S/C23H30N8O/c1-14-12-31-21(25-22(14)29-9-7-16(24)13-29)11-18(28-31)20-4-2-3-8-30(20)23(32)19-10-17(26-27-19)15-5-6-15/h10-12,15-16,20H,2-9,13,24H2,1H3,(H,26,27)/t16-,20-/m0/s1. The van der Waals surface area contributed by atoms with Gasteiger partial charge in [-0.15, -0.1) is 0 Å². The number of fused-ring (bicyclic) bond motifs is 1. The van der Waals surface area contributed by atoms with Crippen LogP contribution in [0, 0.1) is 6.92 Å². The van der Waals surface area contributed by atoms with Crippen LogP contribution in [0.1, 0.15) is 77.9 Å². The van der Waals surface area contributed by atoms with E-state index in [2.05, 4.69) is 22.0 Å². The van der Waals surface area contributed by atoms with Crippen LogP contribution in [0.4, 0.5) is 5.82 Å². The summed E-state index contributed by atoms with van der Waals surface area (Å²) in [6.07, 6.45) is 8.38. The van der Waals surface area contributed by atoms with Crippen molar-refractivity contribution in [3.8, 4) is 0 Å². The number of nitrogens with zero attached hydrogens (tertiary/aromatic N) is 6. The lowest BCUT2D eigenvalue weighted by molar-refractivity contribution is 0.0599. The van der Waals surface area contributed by atoms with Crippen LogP contribution in [0.25, 0.3) is 5.65 Å². The fourth-order valence-corrected chi connectivity index (χ4v) is 5.15. The molecule has 3 aromatic heterocycles. The largest absolute Gasteiger partial charge is 0.355 e. The van der Waals surface area contributed by atoms with Gasteiger partial charge >= 0.3 is 0 Å². The number of piperidine rings is 1. The normalized spacial score (nSPS) is 23.9. The zero-order chi connectivity index (χ0) is 21.8. The van der Waals surface area contributed by atoms with Crippen LogP contribution >= 0.6 is 0 Å². The van der Waals surface area contributed by atoms with Gasteiger partial charge in [-0.1, -0.05) is 0 Å². The predicted molar refractivity (Wildman–Crippen MR) is 121 cm³/mol. The van der Waals surface area contributed by atoms with Crippen molar-refractivity contribution >= 4 is 17.4 Å². The van der Waals surface area contributed by atoms with Gasteiger partial charge in [0.1, 0.15) is 11.5 Å². The third kappa shape index (κ3) is 3.44. The van der Waals surface area contributed by atoms with Crippen molar-refractivity contribution in [1.29, 1.82) is 0 Å². The lowest BCUT2D eigenvalue weighted by atomic mass is 9.99. The van der Waals surface area contributed by atoms with Gasteiger partial charge in [0.15, 0.2) is 5.65 Å². The molecule has 32 heavy (non-hydrogen) atoms. The molecule has 6 rings (SSSR count). The van der Waals surface area contributed by atoms with Gasteiger partial charge < -0.3 is 15.5 Å². The molecule has 1 aliphatic carbocycles. The second kappa shape index (κ2) is 7.58. The number of aromatic nitrogens is 5. The minimum atomic E-state index is -0.0467. The maximum Gasteiger partial charge on any atom is 0.272 e. The topological polar surface area (TPSA) is 108 Å². The highest BCUT2D eigenvalue weighted by molar-refractivity contribution is 5.92. The Balaban J connectivity index is 1.30. The van der Waals surface area contributed by atoms with E-state index in [9.17, 15) is 4.79 Å². The van der Waals surface area contributed by atoms with Gasteiger partial charge in [0.05, 0.1) is 17.4 Å². The molecule has 3 fully saturated rings. The van der Waals surface area contributed by atoms with E-state index in [1.165, 1.54) is 12.8 Å². The predicted octanol–water partition coefficient (Wildman–Crippen LogP) is 2.54. The summed E-state index contributed by atoms with van der Waals surface area (Å²) in [5.41, 5.74) is 10.5. The molecule has 5 heterocycles. The fraction of sp³-hybridized carbons (Fsp3) is 0.565. The first kappa shape index (κ1) is 19.7. The molecule has 3 aromatic rings. The first-order valence-electron chi connectivity index (χ1n) is 11.8. The molecule has 3 aliphatic rings. The highest BCUT2D eigenvalue weighted by Gasteiger charge is 2.33. The number of aromatic amines is 1. The van der Waals surface area contributed by atoms with Crippen LogP contribution in [-0.4, -0.2) is 61.3 Å². The molecule has 0 bridgehead atoms. The average Bonchev–Trinajstić information content (AvgIpc) is 3.19. The molecule has 0 spiro atoms. The van der Waals surface area contributed by atoms with Gasteiger partial charge in [-0.2, -0.15) is 10.2 Å². The van der Waals surface area contributed by atoms with Gasteiger partial charge in [-0.3, -0.25) is 9.89 Å². The van der Waals surface area contributed by atoms with Crippen LogP contribution in [0.15, 0.2) is 18.3 Å². The van der Waals surface area contributed by atoms with Crippen LogP contribution in [0.2, 0.25) is 0 Å². The maximum atomic E-state index is 13.4. The fourth-order valence-electron chi connectivity index (χ4n) is 5.15. The lowest BCUT2D eigenvalue weighted by Crippen LogP contribution is -2.38. The maximum absolute atomic E-state index is 13.4. The van der Waals surface area contributed by atoms with Gasteiger partial charge in [0.25, 0.3) is 5.91 Å². The van der Waals surface area contributed by atoms with E-state index in [0.29, 0.717) is 11.6 Å². The smallest absolute Gasteiger partial charge is 0.272 e. The molecule has 9 heteroatoms. The summed E-state index contributed by atoms with van der Waals surface area (Å²) in [6, 6.07) is 4.14. The van der Waals surface area contributed by atoms with Crippen LogP contribution in [-0.2, 0) is 0 Å². The monoisotopic (exact) mass is 434 g/mol. The Morgan fingerprint density at radius 1 is 1.12 bits per heavy atom. The summed E-state index contributed by atoms with van der Waals surface area (Å²) >= 11 is 0. The number of carbonyl (C=O) groups excluding carboxylic acids is 1. The molecule has 1 saturated carbocycles. The summed E-state index contributed by atoms with van der Waals surface area (Å²) in [4.78, 5) is 22.5. The number of H-pyrrole nitrogens is 1. The van der Waals surface area contributed by atoms with E-state index in [-0.39, 0.29) is 18.0 Å². The van der Waals surface area contributed by atoms with Crippen molar-refractivity contribution in [2.45, 2.75) is 63.5 Å². The van der Waals surface area contributed by atoms with Crippen molar-refractivity contribution in [3.63, 3.8) is 0 Å². The second-order valence-electron chi connectivity index (χ2n) is 9.61. The lowest BCUT2D eigenvalue weighted by Gasteiger charge is -2.34. The van der Waals surface area contributed by atoms with Crippen molar-refractivity contribution in [1.82, 2.24) is 29.7 Å². The Bertz CT molecular complexity index is 1160. The van der Waals surface area contributed by atoms with Crippen molar-refractivity contribution in [2.24, 2.45) is 5.73 Å². The van der Waals surface area contributed by atoms with Gasteiger partial charge in [-0.05, 0) is 51.5 Å². The average molecular weight is 435 g/mol. The molecule has 0 unspecified atom stereocenters. The quantitative estimate of drug-likeness (QED) is 0.653. The van der Waals surface area contributed by atoms with Gasteiger partial charge in [0.2, 0.25) is 0 Å². The number of anilines is 1. The van der Waals surface area contributed by atoms with E-state index >= 15 is 0 Å². The molecule has 0 radical (unpaired) electrons. The minimum Gasteiger partial charge on any atom is -0.355 e. The van der Waals surface area contributed by atoms with Crippen molar-refractivity contribution in [3.05, 3.63) is 41.0 Å². The van der Waals surface area contributed by atoms with Crippen LogP contribution in [0.5, 0.6) is 0 Å². The Kier molecular flexibility index (Phi) is 4.67. The molecular formula is C23H30N8O. The number of hydrogen-bond acceptors (Lipinski definition) is 6. The summed E-state index contributed by atoms with van der Waals surface area (Å²) < 4.78 is 1.85. The third-order valence-electron chi connectivity index (χ3n) is 7.08. The number of nitrogens with one attached hydrogen (secondary N) is 1. The number of carbonyl (C=O) groups is 1. The Morgan fingerprint density at radius 3 is 2.78 bits per heavy atom. The molecule has 1 amide bonds. The van der Waals surface area contributed by atoms with E-state index in [0.717, 1.165) is 73.7 Å². The SMILES string of the molecule is Cc1cn2nc([C@@H]3CCCCN3C(=O)c3cc(C4CC4)n[nH]3)cc2nc1N1CC[C@H](N)C1. The highest BCUT2D eigenvalue weighted by atomic mass is 16.2. The zero-order valence-electron chi connectivity index (χ0n) is 18.5. The van der Waals surface area contributed by atoms with Crippen molar-refractivity contribution in [2.75, 3.05) is 24.5 Å². The van der Waals surface area contributed by atoms with Crippen LogP contribution in [0.3, 0.4) is 0 Å². The number of aryl methyl sites for hydroxylation is 1. The molecule has 9 nitrogen and oxygen atoms in total. The number of amides is 1. The van der Waals surface area contributed by atoms with E-state index in [1.54, 1.807) is 0 Å². The van der Waals surface area contributed by atoms with E-state index < -0.39 is 0 Å². The van der Waals surface area contributed by atoms with Gasteiger partial charge in [0, 0.05) is 49.4 Å². The Hall–Kier alpha value is -2.94. The first-order chi connectivity index (χ1) is 15.6.